The number of aryl methyl sites for hydroxylation is 2. The van der Waals surface area contributed by atoms with Crippen LogP contribution < -0.4 is 0 Å². The van der Waals surface area contributed by atoms with Crippen LogP contribution in [-0.2, 0) is 0 Å². The maximum absolute atomic E-state index is 2.39. The highest BCUT2D eigenvalue weighted by atomic mass is 14.3. The van der Waals surface area contributed by atoms with Crippen LogP contribution in [0.4, 0.5) is 0 Å². The molecule has 140 valence electrons. The molecule has 0 bridgehead atoms. The second-order valence-corrected chi connectivity index (χ2v) is 7.89. The van der Waals surface area contributed by atoms with Gasteiger partial charge in [-0.05, 0) is 63.9 Å². The molecule has 0 saturated heterocycles. The lowest BCUT2D eigenvalue weighted by Gasteiger charge is -2.20. The van der Waals surface area contributed by atoms with Gasteiger partial charge < -0.3 is 0 Å². The molecular weight excluding hydrogens is 348 g/mol. The van der Waals surface area contributed by atoms with Gasteiger partial charge in [0.05, 0.1) is 0 Å². The molecule has 5 rings (SSSR count). The standard InChI is InChI=1S/C29H24/c1-20-18-27(25-16-10-4-8-14-23(20)25)29(22-12-6-3-7-13-22)28-19-21(2)24-15-9-5-11-17-26(24)28/h3-19,29H,1-2H3. The minimum absolute atomic E-state index is 0.202. The van der Waals surface area contributed by atoms with Crippen molar-refractivity contribution >= 4 is 0 Å². The lowest BCUT2D eigenvalue weighted by molar-refractivity contribution is 0.994. The Morgan fingerprint density at radius 2 is 0.828 bits per heavy atom. The fraction of sp³-hybridized carbons (Fsp3) is 0.103. The fourth-order valence-corrected chi connectivity index (χ4v) is 4.71. The molecule has 0 spiro atoms. The van der Waals surface area contributed by atoms with Gasteiger partial charge in [-0.3, -0.25) is 0 Å². The Balaban J connectivity index is 1.82. The zero-order valence-electron chi connectivity index (χ0n) is 16.9. The van der Waals surface area contributed by atoms with E-state index in [1.54, 1.807) is 0 Å². The summed E-state index contributed by atoms with van der Waals surface area (Å²) in [6.07, 6.45) is 0. The van der Waals surface area contributed by atoms with Gasteiger partial charge in [0.2, 0.25) is 0 Å². The topological polar surface area (TPSA) is 0 Å². The summed E-state index contributed by atoms with van der Waals surface area (Å²) in [6, 6.07) is 37.5. The Morgan fingerprint density at radius 1 is 0.448 bits per heavy atom. The Bertz CT molecular complexity index is 1140. The average Bonchev–Trinajstić information content (AvgIpc) is 3.02. The van der Waals surface area contributed by atoms with Crippen molar-refractivity contribution in [3.05, 3.63) is 131 Å². The molecule has 0 fully saturated rings. The predicted molar refractivity (Wildman–Crippen MR) is 123 cm³/mol. The number of fused-ring (bicyclic) bond motifs is 2. The van der Waals surface area contributed by atoms with Gasteiger partial charge in [0.25, 0.3) is 0 Å². The lowest BCUT2D eigenvalue weighted by atomic mass is 9.83. The van der Waals surface area contributed by atoms with E-state index in [9.17, 15) is 0 Å². The van der Waals surface area contributed by atoms with Crippen molar-refractivity contribution in [2.45, 2.75) is 19.8 Å². The van der Waals surface area contributed by atoms with E-state index in [0.29, 0.717) is 0 Å². The zero-order chi connectivity index (χ0) is 19.8. The first kappa shape index (κ1) is 17.7. The van der Waals surface area contributed by atoms with E-state index in [1.807, 2.05) is 0 Å². The van der Waals surface area contributed by atoms with E-state index in [1.165, 1.54) is 50.1 Å². The van der Waals surface area contributed by atoms with Gasteiger partial charge in [0.1, 0.15) is 0 Å². The van der Waals surface area contributed by atoms with Crippen molar-refractivity contribution in [3.63, 3.8) is 0 Å². The molecule has 0 heteroatoms. The second kappa shape index (κ2) is 7.22. The lowest BCUT2D eigenvalue weighted by Crippen LogP contribution is -2.03. The number of hydrogen-bond acceptors (Lipinski definition) is 0. The molecule has 0 nitrogen and oxygen atoms in total. The fourth-order valence-electron chi connectivity index (χ4n) is 4.71. The van der Waals surface area contributed by atoms with Gasteiger partial charge in [-0.1, -0.05) is 103 Å². The Hall–Kier alpha value is -3.38. The smallest absolute Gasteiger partial charge is 0.0352 e. The second-order valence-electron chi connectivity index (χ2n) is 7.89. The molecule has 0 radical (unpaired) electrons. The first-order valence-corrected chi connectivity index (χ1v) is 10.3. The summed E-state index contributed by atoms with van der Waals surface area (Å²) in [4.78, 5) is 0. The quantitative estimate of drug-likeness (QED) is 0.304. The van der Waals surface area contributed by atoms with Crippen LogP contribution >= 0.6 is 0 Å². The molecule has 4 aliphatic rings. The molecule has 4 aliphatic carbocycles. The van der Waals surface area contributed by atoms with Crippen molar-refractivity contribution in [1.82, 2.24) is 0 Å². The molecule has 0 amide bonds. The van der Waals surface area contributed by atoms with Crippen LogP contribution in [0.2, 0.25) is 0 Å². The Morgan fingerprint density at radius 3 is 1.28 bits per heavy atom. The summed E-state index contributed by atoms with van der Waals surface area (Å²) in [6.45, 7) is 4.45. The molecule has 0 atom stereocenters. The van der Waals surface area contributed by atoms with Crippen molar-refractivity contribution in [1.29, 1.82) is 0 Å². The van der Waals surface area contributed by atoms with Crippen LogP contribution in [0.3, 0.4) is 0 Å². The Labute approximate surface area is 173 Å². The average molecular weight is 373 g/mol. The molecule has 0 saturated carbocycles. The third kappa shape index (κ3) is 3.02. The highest BCUT2D eigenvalue weighted by Gasteiger charge is 2.27. The van der Waals surface area contributed by atoms with Crippen LogP contribution in [-0.4, -0.2) is 0 Å². The highest BCUT2D eigenvalue weighted by Crippen LogP contribution is 2.46. The first-order chi connectivity index (χ1) is 14.2. The molecule has 0 aliphatic heterocycles. The minimum atomic E-state index is 0.202. The monoisotopic (exact) mass is 372 g/mol. The van der Waals surface area contributed by atoms with E-state index in [0.717, 1.165) is 0 Å². The molecule has 1 aromatic carbocycles. The van der Waals surface area contributed by atoms with Gasteiger partial charge in [-0.25, -0.2) is 0 Å². The van der Waals surface area contributed by atoms with Gasteiger partial charge in [-0.2, -0.15) is 0 Å². The molecule has 1 aromatic rings. The van der Waals surface area contributed by atoms with Gasteiger partial charge >= 0.3 is 0 Å². The minimum Gasteiger partial charge on any atom is -0.0622 e. The molecule has 0 heterocycles. The van der Waals surface area contributed by atoms with Crippen LogP contribution in [0.25, 0.3) is 22.3 Å². The molecule has 29 heavy (non-hydrogen) atoms. The predicted octanol–water partition coefficient (Wildman–Crippen LogP) is 7.69. The largest absolute Gasteiger partial charge is 0.0622 e. The number of rotatable bonds is 3. The van der Waals surface area contributed by atoms with E-state index >= 15 is 0 Å². The molecule has 0 aromatic heterocycles. The van der Waals surface area contributed by atoms with Crippen LogP contribution in [0.15, 0.2) is 103 Å². The summed E-state index contributed by atoms with van der Waals surface area (Å²) in [7, 11) is 0. The summed E-state index contributed by atoms with van der Waals surface area (Å²) in [5, 5.41) is 0. The summed E-state index contributed by atoms with van der Waals surface area (Å²) >= 11 is 0. The van der Waals surface area contributed by atoms with Crippen LogP contribution in [0, 0.1) is 13.8 Å². The van der Waals surface area contributed by atoms with Crippen molar-refractivity contribution in [2.24, 2.45) is 0 Å². The molecule has 0 unspecified atom stereocenters. The molecule has 0 N–H and O–H groups in total. The van der Waals surface area contributed by atoms with Crippen molar-refractivity contribution < 1.29 is 0 Å². The highest BCUT2D eigenvalue weighted by molar-refractivity contribution is 5.81. The van der Waals surface area contributed by atoms with Crippen LogP contribution in [0.1, 0.15) is 33.7 Å². The number of benzene rings is 1. The SMILES string of the molecule is Cc1cc(C(c2ccccc2)c2cc(C)c3cccccc2-3)c2cccccc1-2. The normalized spacial score (nSPS) is 11.4. The van der Waals surface area contributed by atoms with E-state index in [2.05, 4.69) is 117 Å². The summed E-state index contributed by atoms with van der Waals surface area (Å²) < 4.78 is 0. The zero-order valence-corrected chi connectivity index (χ0v) is 16.9. The van der Waals surface area contributed by atoms with Gasteiger partial charge in [0.15, 0.2) is 0 Å². The summed E-state index contributed by atoms with van der Waals surface area (Å²) in [5.74, 6) is 0.202. The maximum atomic E-state index is 2.39. The third-order valence-electron chi connectivity index (χ3n) is 6.05. The number of hydrogen-bond donors (Lipinski definition) is 0. The van der Waals surface area contributed by atoms with E-state index < -0.39 is 0 Å². The van der Waals surface area contributed by atoms with Gasteiger partial charge in [0, 0.05) is 5.92 Å². The van der Waals surface area contributed by atoms with Crippen molar-refractivity contribution in [3.8, 4) is 22.3 Å². The maximum Gasteiger partial charge on any atom is 0.0352 e. The van der Waals surface area contributed by atoms with Gasteiger partial charge in [-0.15, -0.1) is 0 Å². The Kier molecular flexibility index (Phi) is 4.41. The van der Waals surface area contributed by atoms with Crippen LogP contribution in [0.5, 0.6) is 0 Å². The molecular formula is C29H24. The summed E-state index contributed by atoms with van der Waals surface area (Å²) in [5.41, 5.74) is 12.1. The van der Waals surface area contributed by atoms with E-state index in [4.69, 9.17) is 0 Å². The van der Waals surface area contributed by atoms with Crippen molar-refractivity contribution in [2.75, 3.05) is 0 Å². The van der Waals surface area contributed by atoms with E-state index in [-0.39, 0.29) is 5.92 Å². The third-order valence-corrected chi connectivity index (χ3v) is 6.05. The first-order valence-electron chi connectivity index (χ1n) is 10.3.